The van der Waals surface area contributed by atoms with Gasteiger partial charge in [0, 0.05) is 67.8 Å². The van der Waals surface area contributed by atoms with Crippen molar-refractivity contribution in [3.63, 3.8) is 0 Å². The summed E-state index contributed by atoms with van der Waals surface area (Å²) in [6.07, 6.45) is 3.89. The number of benzene rings is 1. The van der Waals surface area contributed by atoms with Crippen LogP contribution in [-0.2, 0) is 21.4 Å². The molecule has 3 atom stereocenters. The minimum atomic E-state index is -4.73. The molecule has 1 aromatic heterocycles. The van der Waals surface area contributed by atoms with Crippen LogP contribution in [0.3, 0.4) is 0 Å². The second kappa shape index (κ2) is 13.4. The van der Waals surface area contributed by atoms with Crippen LogP contribution in [-0.4, -0.2) is 90.0 Å². The van der Waals surface area contributed by atoms with Crippen LogP contribution in [0.1, 0.15) is 48.2 Å². The van der Waals surface area contributed by atoms with E-state index in [4.69, 9.17) is 16.3 Å². The topological polar surface area (TPSA) is 90.0 Å². The number of carbonyl (C=O) groups is 2. The van der Waals surface area contributed by atoms with Crippen LogP contribution in [0.15, 0.2) is 66.3 Å². The number of nitrogens with zero attached hydrogens (tertiary/aromatic N) is 4. The molecule has 0 radical (unpaired) electrons. The number of pyridine rings is 1. The van der Waals surface area contributed by atoms with Crippen molar-refractivity contribution in [2.24, 2.45) is 0 Å². The lowest BCUT2D eigenvalue weighted by Crippen LogP contribution is -2.57. The van der Waals surface area contributed by atoms with Crippen LogP contribution in [0, 0.1) is 0 Å². The molecule has 242 valence electrons. The number of amides is 2. The zero-order chi connectivity index (χ0) is 32.4. The Morgan fingerprint density at radius 2 is 1.98 bits per heavy atom. The molecule has 2 fully saturated rings. The van der Waals surface area contributed by atoms with E-state index in [0.717, 1.165) is 30.7 Å². The predicted octanol–water partition coefficient (Wildman–Crippen LogP) is 4.37. The van der Waals surface area contributed by atoms with Crippen molar-refractivity contribution in [1.82, 2.24) is 30.3 Å². The number of aromatic nitrogens is 1. The van der Waals surface area contributed by atoms with Crippen molar-refractivity contribution in [3.8, 4) is 0 Å². The van der Waals surface area contributed by atoms with Crippen LogP contribution in [0.4, 0.5) is 13.2 Å². The molecule has 0 aliphatic carbocycles. The fourth-order valence-corrected chi connectivity index (χ4v) is 6.24. The van der Waals surface area contributed by atoms with E-state index in [9.17, 15) is 22.8 Å². The molecule has 3 aliphatic heterocycles. The molecule has 0 bridgehead atoms. The molecule has 3 aliphatic rings. The fraction of sp³-hybridized carbons (Fsp3) is 0.469. The highest BCUT2D eigenvalue weighted by molar-refractivity contribution is 6.30. The van der Waals surface area contributed by atoms with Gasteiger partial charge >= 0.3 is 6.18 Å². The molecule has 1 aromatic carbocycles. The lowest BCUT2D eigenvalue weighted by molar-refractivity contribution is -0.138. The van der Waals surface area contributed by atoms with E-state index in [1.165, 1.54) is 11.0 Å². The van der Waals surface area contributed by atoms with Gasteiger partial charge in [0.25, 0.3) is 11.8 Å². The average molecular weight is 647 g/mol. The molecule has 2 N–H and O–H groups in total. The van der Waals surface area contributed by atoms with E-state index < -0.39 is 28.9 Å². The number of halogens is 4. The highest BCUT2D eigenvalue weighted by Crippen LogP contribution is 2.36. The number of hydrogen-bond acceptors (Lipinski definition) is 7. The summed E-state index contributed by atoms with van der Waals surface area (Å²) >= 11 is 5.84. The first-order chi connectivity index (χ1) is 21.5. The second-order valence-corrected chi connectivity index (χ2v) is 11.9. The number of likely N-dealkylation sites (tertiary alicyclic amines) is 1. The first-order valence-electron chi connectivity index (χ1n) is 15.1. The first kappa shape index (κ1) is 32.8. The average Bonchev–Trinajstić information content (AvgIpc) is 3.03. The summed E-state index contributed by atoms with van der Waals surface area (Å²) in [6, 6.07) is 6.85. The highest BCUT2D eigenvalue weighted by Gasteiger charge is 2.41. The Labute approximate surface area is 266 Å². The van der Waals surface area contributed by atoms with Crippen LogP contribution in [0.25, 0.3) is 0 Å². The number of piperazine rings is 1. The summed E-state index contributed by atoms with van der Waals surface area (Å²) in [5.41, 5.74) is -0.989. The molecule has 4 heterocycles. The van der Waals surface area contributed by atoms with Crippen molar-refractivity contribution < 1.29 is 27.5 Å². The van der Waals surface area contributed by atoms with Gasteiger partial charge in [-0.3, -0.25) is 14.6 Å². The molecule has 2 aromatic rings. The maximum absolute atomic E-state index is 13.9. The first-order valence-corrected chi connectivity index (χ1v) is 15.5. The molecule has 1 unspecified atom stereocenters. The Kier molecular flexibility index (Phi) is 9.76. The standard InChI is InChI=1S/C32H38ClF3N6O3/c1-4-23-20-41(30(44)25-9-8-22(33)17-26(25)32(34,35)36)15-16-42(23)27-10-12-31(45-5-2,21-7-6-13-37-18-21)39-28(27)29(43)38-19-24-11-14-40(24)3/h6-10,12-13,17-18,23-24,39H,4-5,11,14-16,19-20H2,1-3H3,(H,38,43)/t23-,24+,31?/m1/s1. The maximum atomic E-state index is 13.9. The van der Waals surface area contributed by atoms with Gasteiger partial charge in [0.15, 0.2) is 5.72 Å². The Bertz CT molecular complexity index is 1470. The number of rotatable bonds is 9. The zero-order valence-electron chi connectivity index (χ0n) is 25.5. The summed E-state index contributed by atoms with van der Waals surface area (Å²) in [5, 5.41) is 6.36. The van der Waals surface area contributed by atoms with E-state index in [-0.39, 0.29) is 36.1 Å². The summed E-state index contributed by atoms with van der Waals surface area (Å²) in [5.74, 6) is -1.01. The van der Waals surface area contributed by atoms with Gasteiger partial charge in [0.2, 0.25) is 0 Å². The third-order valence-electron chi connectivity index (χ3n) is 8.74. The zero-order valence-corrected chi connectivity index (χ0v) is 26.3. The van der Waals surface area contributed by atoms with Crippen LogP contribution >= 0.6 is 11.6 Å². The number of alkyl halides is 3. The van der Waals surface area contributed by atoms with Gasteiger partial charge in [-0.15, -0.1) is 0 Å². The van der Waals surface area contributed by atoms with Gasteiger partial charge in [0.05, 0.1) is 16.8 Å². The quantitative estimate of drug-likeness (QED) is 0.418. The van der Waals surface area contributed by atoms with Crippen LogP contribution < -0.4 is 10.6 Å². The Hall–Kier alpha value is -3.61. The van der Waals surface area contributed by atoms with E-state index in [1.54, 1.807) is 18.5 Å². The van der Waals surface area contributed by atoms with Crippen LogP contribution in [0.5, 0.6) is 0 Å². The number of dihydropyridines is 1. The Morgan fingerprint density at radius 3 is 2.60 bits per heavy atom. The van der Waals surface area contributed by atoms with Gasteiger partial charge in [-0.2, -0.15) is 13.2 Å². The SMILES string of the molecule is CCOC1(c2cccnc2)C=CC(N2CCN(C(=O)c3ccc(Cl)cc3C(F)(F)F)C[C@H]2CC)=C(C(=O)NC[C@@H]2CCN2C)N1. The summed E-state index contributed by atoms with van der Waals surface area (Å²) in [6.45, 7) is 6.26. The molecule has 13 heteroatoms. The van der Waals surface area contributed by atoms with Crippen molar-refractivity contribution in [1.29, 1.82) is 0 Å². The second-order valence-electron chi connectivity index (χ2n) is 11.5. The number of carbonyl (C=O) groups excluding carboxylic acids is 2. The van der Waals surface area contributed by atoms with E-state index >= 15 is 0 Å². The number of ether oxygens (including phenoxy) is 1. The molecule has 2 amide bonds. The minimum absolute atomic E-state index is 0.0946. The van der Waals surface area contributed by atoms with E-state index in [1.807, 2.05) is 44.0 Å². The van der Waals surface area contributed by atoms with Gasteiger partial charge in [-0.25, -0.2) is 0 Å². The maximum Gasteiger partial charge on any atom is 0.417 e. The minimum Gasteiger partial charge on any atom is -0.363 e. The molecule has 2 saturated heterocycles. The largest absolute Gasteiger partial charge is 0.417 e. The fourth-order valence-electron chi connectivity index (χ4n) is 6.07. The monoisotopic (exact) mass is 646 g/mol. The number of hydrogen-bond donors (Lipinski definition) is 2. The lowest BCUT2D eigenvalue weighted by atomic mass is 9.97. The van der Waals surface area contributed by atoms with Gasteiger partial charge in [0.1, 0.15) is 5.70 Å². The van der Waals surface area contributed by atoms with Crippen molar-refractivity contribution >= 4 is 23.4 Å². The Morgan fingerprint density at radius 1 is 1.18 bits per heavy atom. The van der Waals surface area contributed by atoms with Gasteiger partial charge in [-0.1, -0.05) is 24.6 Å². The van der Waals surface area contributed by atoms with E-state index in [2.05, 4.69) is 20.5 Å². The summed E-state index contributed by atoms with van der Waals surface area (Å²) in [4.78, 5) is 37.2. The molecule has 5 rings (SSSR count). The number of allylic oxidation sites excluding steroid dienone is 1. The molecular weight excluding hydrogens is 609 g/mol. The smallest absolute Gasteiger partial charge is 0.363 e. The molecule has 9 nitrogen and oxygen atoms in total. The highest BCUT2D eigenvalue weighted by atomic mass is 35.5. The number of likely N-dealkylation sites (N-methyl/N-ethyl adjacent to an activating group) is 1. The lowest BCUT2D eigenvalue weighted by Gasteiger charge is -2.46. The number of nitrogens with one attached hydrogen (secondary N) is 2. The predicted molar refractivity (Wildman–Crippen MR) is 164 cm³/mol. The normalized spacial score (nSPS) is 23.9. The van der Waals surface area contributed by atoms with Crippen molar-refractivity contribution in [3.05, 3.63) is 88.0 Å². The van der Waals surface area contributed by atoms with Crippen molar-refractivity contribution in [2.45, 2.75) is 50.7 Å². The summed E-state index contributed by atoms with van der Waals surface area (Å²) < 4.78 is 47.6. The third-order valence-corrected chi connectivity index (χ3v) is 8.97. The molecule has 45 heavy (non-hydrogen) atoms. The molecule has 0 saturated carbocycles. The summed E-state index contributed by atoms with van der Waals surface area (Å²) in [7, 11) is 2.02. The molecule has 0 spiro atoms. The van der Waals surface area contributed by atoms with Crippen LogP contribution in [0.2, 0.25) is 5.02 Å². The molecular formula is C32H38ClF3N6O3. The van der Waals surface area contributed by atoms with Crippen molar-refractivity contribution in [2.75, 3.05) is 46.4 Å². The van der Waals surface area contributed by atoms with Gasteiger partial charge in [-0.05, 0) is 69.8 Å². The third kappa shape index (κ3) is 6.83. The van der Waals surface area contributed by atoms with E-state index in [0.29, 0.717) is 37.5 Å². The Balaban J connectivity index is 1.44. The van der Waals surface area contributed by atoms with Gasteiger partial charge < -0.3 is 30.1 Å².